The number of hydrogen-bond donors (Lipinski definition) is 2. The summed E-state index contributed by atoms with van der Waals surface area (Å²) in [6, 6.07) is 13.1. The second-order valence-electron chi connectivity index (χ2n) is 3.82. The van der Waals surface area contributed by atoms with Gasteiger partial charge in [-0.15, -0.1) is 0 Å². The Bertz CT molecular complexity index is 535. The van der Waals surface area contributed by atoms with Crippen LogP contribution in [0.15, 0.2) is 48.5 Å². The molecule has 0 fully saturated rings. The molecule has 5 heteroatoms. The summed E-state index contributed by atoms with van der Waals surface area (Å²) in [7, 11) is 0. The van der Waals surface area contributed by atoms with Crippen molar-refractivity contribution in [2.45, 2.75) is 6.54 Å². The number of phenols is 1. The predicted molar refractivity (Wildman–Crippen MR) is 68.5 cm³/mol. The first-order valence-corrected chi connectivity index (χ1v) is 5.41. The van der Waals surface area contributed by atoms with Gasteiger partial charge in [0.05, 0.1) is 4.92 Å². The highest BCUT2D eigenvalue weighted by molar-refractivity contribution is 5.48. The summed E-state index contributed by atoms with van der Waals surface area (Å²) < 4.78 is 0. The SMILES string of the molecule is O=[N+]([O-])c1ccc(NCc2ccc(O)cc2)cc1. The van der Waals surface area contributed by atoms with Crippen molar-refractivity contribution in [1.82, 2.24) is 0 Å². The van der Waals surface area contributed by atoms with Crippen molar-refractivity contribution < 1.29 is 10.0 Å². The summed E-state index contributed by atoms with van der Waals surface area (Å²) in [5.74, 6) is 0.231. The molecule has 0 aromatic heterocycles. The van der Waals surface area contributed by atoms with E-state index in [0.29, 0.717) is 6.54 Å². The van der Waals surface area contributed by atoms with Gasteiger partial charge in [0.25, 0.3) is 5.69 Å². The Hall–Kier alpha value is -2.56. The molecule has 5 nitrogen and oxygen atoms in total. The Morgan fingerprint density at radius 2 is 1.67 bits per heavy atom. The van der Waals surface area contributed by atoms with E-state index in [1.165, 1.54) is 12.1 Å². The average molecular weight is 244 g/mol. The summed E-state index contributed by atoms with van der Waals surface area (Å²) in [6.45, 7) is 0.595. The standard InChI is InChI=1S/C13H12N2O3/c16-13-7-1-10(2-8-13)9-14-11-3-5-12(6-4-11)15(17)18/h1-8,14,16H,9H2. The summed E-state index contributed by atoms with van der Waals surface area (Å²) in [5, 5.41) is 22.8. The number of nitro benzene ring substituents is 1. The Labute approximate surface area is 104 Å². The number of non-ortho nitro benzene ring substituents is 1. The summed E-state index contributed by atoms with van der Waals surface area (Å²) in [4.78, 5) is 10.1. The number of aromatic hydroxyl groups is 1. The van der Waals surface area contributed by atoms with Crippen LogP contribution in [0.2, 0.25) is 0 Å². The van der Waals surface area contributed by atoms with E-state index in [1.807, 2.05) is 12.1 Å². The molecule has 0 aliphatic rings. The Morgan fingerprint density at radius 3 is 2.22 bits per heavy atom. The molecule has 0 saturated heterocycles. The lowest BCUT2D eigenvalue weighted by atomic mass is 10.2. The van der Waals surface area contributed by atoms with Gasteiger partial charge in [-0.1, -0.05) is 12.1 Å². The van der Waals surface area contributed by atoms with Crippen molar-refractivity contribution in [2.24, 2.45) is 0 Å². The lowest BCUT2D eigenvalue weighted by Gasteiger charge is -2.06. The summed E-state index contributed by atoms with van der Waals surface area (Å²) in [5.41, 5.74) is 1.91. The summed E-state index contributed by atoms with van der Waals surface area (Å²) in [6.07, 6.45) is 0. The minimum Gasteiger partial charge on any atom is -0.508 e. The number of nitrogens with one attached hydrogen (secondary N) is 1. The van der Waals surface area contributed by atoms with Crippen LogP contribution in [0, 0.1) is 10.1 Å². The van der Waals surface area contributed by atoms with Crippen LogP contribution in [0.1, 0.15) is 5.56 Å². The molecular weight excluding hydrogens is 232 g/mol. The zero-order valence-corrected chi connectivity index (χ0v) is 9.54. The second-order valence-corrected chi connectivity index (χ2v) is 3.82. The van der Waals surface area contributed by atoms with E-state index in [1.54, 1.807) is 24.3 Å². The minimum atomic E-state index is -0.427. The average Bonchev–Trinajstić information content (AvgIpc) is 2.38. The molecule has 0 atom stereocenters. The Kier molecular flexibility index (Phi) is 3.43. The van der Waals surface area contributed by atoms with Crippen LogP contribution in [0.4, 0.5) is 11.4 Å². The molecule has 0 amide bonds. The molecule has 18 heavy (non-hydrogen) atoms. The Balaban J connectivity index is 1.97. The molecule has 0 aliphatic carbocycles. The highest BCUT2D eigenvalue weighted by Gasteiger charge is 2.03. The second kappa shape index (κ2) is 5.18. The van der Waals surface area contributed by atoms with Crippen LogP contribution < -0.4 is 5.32 Å². The zero-order chi connectivity index (χ0) is 13.0. The van der Waals surface area contributed by atoms with Crippen molar-refractivity contribution >= 4 is 11.4 Å². The fourth-order valence-electron chi connectivity index (χ4n) is 1.52. The third-order valence-corrected chi connectivity index (χ3v) is 2.51. The van der Waals surface area contributed by atoms with Gasteiger partial charge < -0.3 is 10.4 Å². The molecule has 0 heterocycles. The molecule has 0 spiro atoms. The van der Waals surface area contributed by atoms with Gasteiger partial charge in [-0.2, -0.15) is 0 Å². The van der Waals surface area contributed by atoms with Crippen LogP contribution in [0.25, 0.3) is 0 Å². The molecule has 2 aromatic carbocycles. The third kappa shape index (κ3) is 2.98. The van der Waals surface area contributed by atoms with E-state index < -0.39 is 4.92 Å². The van der Waals surface area contributed by atoms with Crippen LogP contribution in [0.5, 0.6) is 5.75 Å². The topological polar surface area (TPSA) is 75.4 Å². The van der Waals surface area contributed by atoms with Crippen molar-refractivity contribution in [1.29, 1.82) is 0 Å². The minimum absolute atomic E-state index is 0.0742. The van der Waals surface area contributed by atoms with Crippen molar-refractivity contribution in [2.75, 3.05) is 5.32 Å². The molecule has 92 valence electrons. The van der Waals surface area contributed by atoms with E-state index >= 15 is 0 Å². The molecule has 0 saturated carbocycles. The lowest BCUT2D eigenvalue weighted by Crippen LogP contribution is -1.99. The van der Waals surface area contributed by atoms with Gasteiger partial charge in [0, 0.05) is 24.4 Å². The normalized spacial score (nSPS) is 10.0. The highest BCUT2D eigenvalue weighted by Crippen LogP contribution is 2.16. The highest BCUT2D eigenvalue weighted by atomic mass is 16.6. The van der Waals surface area contributed by atoms with Gasteiger partial charge >= 0.3 is 0 Å². The molecule has 0 aliphatic heterocycles. The van der Waals surface area contributed by atoms with Gasteiger partial charge in [0.15, 0.2) is 0 Å². The fraction of sp³-hybridized carbons (Fsp3) is 0.0769. The van der Waals surface area contributed by atoms with Crippen LogP contribution in [0.3, 0.4) is 0 Å². The van der Waals surface area contributed by atoms with Gasteiger partial charge in [0.1, 0.15) is 5.75 Å². The number of benzene rings is 2. The smallest absolute Gasteiger partial charge is 0.269 e. The Morgan fingerprint density at radius 1 is 1.06 bits per heavy atom. The quantitative estimate of drug-likeness (QED) is 0.640. The maximum Gasteiger partial charge on any atom is 0.269 e. The van der Waals surface area contributed by atoms with E-state index in [2.05, 4.69) is 5.32 Å². The van der Waals surface area contributed by atoms with Gasteiger partial charge in [-0.3, -0.25) is 10.1 Å². The zero-order valence-electron chi connectivity index (χ0n) is 9.54. The van der Waals surface area contributed by atoms with Gasteiger partial charge in [-0.25, -0.2) is 0 Å². The van der Waals surface area contributed by atoms with Crippen molar-refractivity contribution in [3.63, 3.8) is 0 Å². The summed E-state index contributed by atoms with van der Waals surface area (Å²) >= 11 is 0. The number of hydrogen-bond acceptors (Lipinski definition) is 4. The predicted octanol–water partition coefficient (Wildman–Crippen LogP) is 2.91. The lowest BCUT2D eigenvalue weighted by molar-refractivity contribution is -0.384. The van der Waals surface area contributed by atoms with Gasteiger partial charge in [0.2, 0.25) is 0 Å². The van der Waals surface area contributed by atoms with E-state index in [-0.39, 0.29) is 11.4 Å². The maximum atomic E-state index is 10.5. The first kappa shape index (κ1) is 11.9. The van der Waals surface area contributed by atoms with Crippen LogP contribution >= 0.6 is 0 Å². The number of phenolic OH excluding ortho intramolecular Hbond substituents is 1. The van der Waals surface area contributed by atoms with Crippen molar-refractivity contribution in [3.8, 4) is 5.75 Å². The molecule has 0 unspecified atom stereocenters. The van der Waals surface area contributed by atoms with E-state index in [4.69, 9.17) is 5.11 Å². The van der Waals surface area contributed by atoms with Crippen molar-refractivity contribution in [3.05, 3.63) is 64.2 Å². The van der Waals surface area contributed by atoms with Crippen LogP contribution in [-0.2, 0) is 6.54 Å². The molecule has 2 aromatic rings. The molecule has 0 bridgehead atoms. The number of anilines is 1. The number of nitrogens with zero attached hydrogens (tertiary/aromatic N) is 1. The fourth-order valence-corrected chi connectivity index (χ4v) is 1.52. The first-order chi connectivity index (χ1) is 8.65. The molecule has 0 radical (unpaired) electrons. The number of rotatable bonds is 4. The maximum absolute atomic E-state index is 10.5. The number of nitro groups is 1. The monoisotopic (exact) mass is 244 g/mol. The third-order valence-electron chi connectivity index (χ3n) is 2.51. The van der Waals surface area contributed by atoms with Crippen LogP contribution in [-0.4, -0.2) is 10.0 Å². The molecular formula is C13H12N2O3. The van der Waals surface area contributed by atoms with Gasteiger partial charge in [-0.05, 0) is 29.8 Å². The largest absolute Gasteiger partial charge is 0.508 e. The molecule has 2 rings (SSSR count). The van der Waals surface area contributed by atoms with E-state index in [9.17, 15) is 10.1 Å². The molecule has 2 N–H and O–H groups in total. The first-order valence-electron chi connectivity index (χ1n) is 5.41. The van der Waals surface area contributed by atoms with E-state index in [0.717, 1.165) is 11.3 Å².